The lowest BCUT2D eigenvalue weighted by Gasteiger charge is -2.59. The second kappa shape index (κ2) is 5.50. The normalized spacial score (nSPS) is 52.0. The molecule has 3 saturated carbocycles. The number of rotatable bonds is 1. The number of aliphatic hydroxyl groups is 2. The summed E-state index contributed by atoms with van der Waals surface area (Å²) >= 11 is 0. The van der Waals surface area contributed by atoms with Gasteiger partial charge in [-0.2, -0.15) is 0 Å². The highest BCUT2D eigenvalue weighted by molar-refractivity contribution is 5.91. The predicted octanol–water partition coefficient (Wildman–Crippen LogP) is 2.67. The largest absolute Gasteiger partial charge is 0.393 e. The average Bonchev–Trinajstić information content (AvgIpc) is 2.82. The maximum Gasteiger partial charge on any atom is 0.155 e. The molecule has 4 aliphatic rings. The van der Waals surface area contributed by atoms with Gasteiger partial charge in [0.25, 0.3) is 0 Å². The zero-order valence-electron chi connectivity index (χ0n) is 15.5. The summed E-state index contributed by atoms with van der Waals surface area (Å²) in [7, 11) is 0. The fourth-order valence-corrected chi connectivity index (χ4v) is 7.20. The smallest absolute Gasteiger partial charge is 0.155 e. The lowest BCUT2D eigenvalue weighted by atomic mass is 9.45. The topological polar surface area (TPSA) is 74.6 Å². The van der Waals surface area contributed by atoms with Gasteiger partial charge in [-0.15, -0.1) is 0 Å². The molecule has 2 N–H and O–H groups in total. The lowest BCUT2D eigenvalue weighted by Crippen LogP contribution is -2.58. The molecular formula is C21H30O4. The van der Waals surface area contributed by atoms with Crippen LogP contribution in [0.2, 0.25) is 0 Å². The summed E-state index contributed by atoms with van der Waals surface area (Å²) < 4.78 is 0. The summed E-state index contributed by atoms with van der Waals surface area (Å²) in [5, 5.41) is 22.0. The van der Waals surface area contributed by atoms with Crippen molar-refractivity contribution in [2.75, 3.05) is 0 Å². The lowest BCUT2D eigenvalue weighted by molar-refractivity contribution is -0.157. The first-order valence-electron chi connectivity index (χ1n) is 9.80. The molecule has 0 aromatic heterocycles. The molecule has 0 amide bonds. The SMILES string of the molecule is CC(=O)[C@H]1C[C@H](O)[C@H]2[C@@H]3CCC4=CC(=O)CC[C@]4(C)[C@H]3C[C@@H](O)[C@@]21C. The van der Waals surface area contributed by atoms with Crippen LogP contribution in [0.1, 0.15) is 59.3 Å². The molecule has 0 spiro atoms. The van der Waals surface area contributed by atoms with Crippen LogP contribution >= 0.6 is 0 Å². The zero-order chi connectivity index (χ0) is 18.1. The van der Waals surface area contributed by atoms with Gasteiger partial charge in [0.1, 0.15) is 5.78 Å². The van der Waals surface area contributed by atoms with Gasteiger partial charge in [-0.3, -0.25) is 9.59 Å². The summed E-state index contributed by atoms with van der Waals surface area (Å²) in [5.74, 6) is 0.654. The van der Waals surface area contributed by atoms with E-state index in [-0.39, 0.29) is 34.7 Å². The number of hydrogen-bond acceptors (Lipinski definition) is 4. The molecule has 4 heteroatoms. The van der Waals surface area contributed by atoms with Crippen LogP contribution in [0.25, 0.3) is 0 Å². The van der Waals surface area contributed by atoms with Gasteiger partial charge in [-0.1, -0.05) is 19.4 Å². The molecule has 0 aliphatic heterocycles. The Morgan fingerprint density at radius 1 is 1.20 bits per heavy atom. The number of ketones is 2. The molecule has 0 bridgehead atoms. The van der Waals surface area contributed by atoms with E-state index in [0.717, 1.165) is 19.3 Å². The van der Waals surface area contributed by atoms with Gasteiger partial charge >= 0.3 is 0 Å². The van der Waals surface area contributed by atoms with Gasteiger partial charge in [-0.05, 0) is 68.3 Å². The van der Waals surface area contributed by atoms with E-state index in [4.69, 9.17) is 0 Å². The molecule has 0 aromatic carbocycles. The maximum atomic E-state index is 12.2. The van der Waals surface area contributed by atoms with E-state index in [0.29, 0.717) is 25.2 Å². The first kappa shape index (κ1) is 17.4. The second-order valence-electron chi connectivity index (χ2n) is 9.47. The number of hydrogen-bond donors (Lipinski definition) is 2. The summed E-state index contributed by atoms with van der Waals surface area (Å²) in [6.07, 6.45) is 5.21. The van der Waals surface area contributed by atoms with Gasteiger partial charge < -0.3 is 10.2 Å². The number of carbonyl (C=O) groups is 2. The molecule has 138 valence electrons. The van der Waals surface area contributed by atoms with Crippen molar-refractivity contribution >= 4 is 11.6 Å². The Balaban J connectivity index is 1.75. The van der Waals surface area contributed by atoms with Crippen LogP contribution in [0, 0.1) is 34.5 Å². The minimum atomic E-state index is -0.571. The van der Waals surface area contributed by atoms with Crippen LogP contribution in [0.4, 0.5) is 0 Å². The van der Waals surface area contributed by atoms with Crippen molar-refractivity contribution < 1.29 is 19.8 Å². The molecule has 25 heavy (non-hydrogen) atoms. The van der Waals surface area contributed by atoms with E-state index in [2.05, 4.69) is 6.92 Å². The number of carbonyl (C=O) groups excluding carboxylic acids is 2. The monoisotopic (exact) mass is 346 g/mol. The molecule has 3 fully saturated rings. The molecule has 8 atom stereocenters. The van der Waals surface area contributed by atoms with Crippen LogP contribution in [-0.4, -0.2) is 34.0 Å². The van der Waals surface area contributed by atoms with Crippen molar-refractivity contribution in [2.24, 2.45) is 34.5 Å². The fourth-order valence-electron chi connectivity index (χ4n) is 7.20. The summed E-state index contributed by atoms with van der Waals surface area (Å²) in [6, 6.07) is 0. The van der Waals surface area contributed by atoms with E-state index in [1.54, 1.807) is 6.92 Å². The van der Waals surface area contributed by atoms with Crippen molar-refractivity contribution in [1.82, 2.24) is 0 Å². The molecule has 0 aromatic rings. The van der Waals surface area contributed by atoms with Crippen LogP contribution < -0.4 is 0 Å². The minimum Gasteiger partial charge on any atom is -0.393 e. The quantitative estimate of drug-likeness (QED) is 0.765. The Kier molecular flexibility index (Phi) is 3.83. The highest BCUT2D eigenvalue weighted by Crippen LogP contribution is 2.66. The molecule has 4 rings (SSSR count). The maximum absolute atomic E-state index is 12.2. The van der Waals surface area contributed by atoms with Gasteiger partial charge in [0, 0.05) is 17.8 Å². The molecule has 0 unspecified atom stereocenters. The van der Waals surface area contributed by atoms with E-state index in [1.807, 2.05) is 13.0 Å². The Morgan fingerprint density at radius 2 is 1.92 bits per heavy atom. The van der Waals surface area contributed by atoms with Crippen molar-refractivity contribution in [3.63, 3.8) is 0 Å². The van der Waals surface area contributed by atoms with E-state index >= 15 is 0 Å². The Bertz CT molecular complexity index is 652. The molecule has 0 heterocycles. The van der Waals surface area contributed by atoms with Crippen LogP contribution in [0.3, 0.4) is 0 Å². The molecule has 4 nitrogen and oxygen atoms in total. The van der Waals surface area contributed by atoms with Crippen LogP contribution in [-0.2, 0) is 9.59 Å². The third-order valence-electron chi connectivity index (χ3n) is 8.55. The van der Waals surface area contributed by atoms with Crippen molar-refractivity contribution in [3.05, 3.63) is 11.6 Å². The highest BCUT2D eigenvalue weighted by atomic mass is 16.3. The number of allylic oxidation sites excluding steroid dienone is 1. The molecule has 4 aliphatic carbocycles. The number of aliphatic hydroxyl groups excluding tert-OH is 2. The third kappa shape index (κ3) is 2.19. The molecule has 0 radical (unpaired) electrons. The predicted molar refractivity (Wildman–Crippen MR) is 93.7 cm³/mol. The van der Waals surface area contributed by atoms with E-state index in [9.17, 15) is 19.8 Å². The first-order chi connectivity index (χ1) is 11.7. The molecular weight excluding hydrogens is 316 g/mol. The number of Topliss-reactive ketones (excluding diaryl/α,β-unsaturated/α-hetero) is 1. The fraction of sp³-hybridized carbons (Fsp3) is 0.810. The number of fused-ring (bicyclic) bond motifs is 5. The van der Waals surface area contributed by atoms with E-state index in [1.165, 1.54) is 5.57 Å². The Labute approximate surface area is 149 Å². The van der Waals surface area contributed by atoms with Gasteiger partial charge in [-0.25, -0.2) is 0 Å². The second-order valence-corrected chi connectivity index (χ2v) is 9.47. The molecule has 0 saturated heterocycles. The minimum absolute atomic E-state index is 0.0221. The van der Waals surface area contributed by atoms with Crippen LogP contribution in [0.15, 0.2) is 11.6 Å². The Morgan fingerprint density at radius 3 is 2.60 bits per heavy atom. The van der Waals surface area contributed by atoms with Gasteiger partial charge in [0.15, 0.2) is 5.78 Å². The first-order valence-corrected chi connectivity index (χ1v) is 9.80. The van der Waals surface area contributed by atoms with Crippen molar-refractivity contribution in [2.45, 2.75) is 71.5 Å². The summed E-state index contributed by atoms with van der Waals surface area (Å²) in [5.41, 5.74) is 0.679. The summed E-state index contributed by atoms with van der Waals surface area (Å²) in [6.45, 7) is 5.87. The van der Waals surface area contributed by atoms with Crippen LogP contribution in [0.5, 0.6) is 0 Å². The Hall–Kier alpha value is -1.00. The van der Waals surface area contributed by atoms with E-state index < -0.39 is 17.6 Å². The van der Waals surface area contributed by atoms with Gasteiger partial charge in [0.05, 0.1) is 12.2 Å². The highest BCUT2D eigenvalue weighted by Gasteiger charge is 2.65. The van der Waals surface area contributed by atoms with Gasteiger partial charge in [0.2, 0.25) is 0 Å². The standard InChI is InChI=1S/C21H30O4/c1-11(22)15-9-17(24)19-14-5-4-12-8-13(23)6-7-20(12,2)16(14)10-18(25)21(15,19)3/h8,14-19,24-25H,4-7,9-10H2,1-3H3/t14-,15-,16+,17+,18-,19-,20+,21+/m1/s1. The van der Waals surface area contributed by atoms with Crippen molar-refractivity contribution in [1.29, 1.82) is 0 Å². The zero-order valence-corrected chi connectivity index (χ0v) is 15.5. The van der Waals surface area contributed by atoms with Crippen molar-refractivity contribution in [3.8, 4) is 0 Å². The summed E-state index contributed by atoms with van der Waals surface area (Å²) in [4.78, 5) is 24.1. The third-order valence-corrected chi connectivity index (χ3v) is 8.55. The average molecular weight is 346 g/mol.